The number of fused-ring (bicyclic) bond motifs is 6. The van der Waals surface area contributed by atoms with Crippen LogP contribution < -0.4 is 0 Å². The minimum Gasteiger partial charge on any atom is -0.256 e. The second kappa shape index (κ2) is 17.2. The van der Waals surface area contributed by atoms with Gasteiger partial charge in [-0.25, -0.2) is 0 Å². The number of rotatable bonds is 11. The Hall–Kier alpha value is -8.01. The molecule has 0 radical (unpaired) electrons. The van der Waals surface area contributed by atoms with E-state index in [4.69, 9.17) is 19.1 Å². The Kier molecular flexibility index (Phi) is 9.55. The van der Waals surface area contributed by atoms with Crippen LogP contribution in [0.2, 0.25) is 0 Å². The number of allylic oxidation sites excluding steroid dienone is 6. The molecule has 3 aromatic heterocycles. The number of aromatic nitrogens is 3. The van der Waals surface area contributed by atoms with Gasteiger partial charge in [-0.05, 0) is 153 Å². The average molecular weight is 903 g/mol. The largest absolute Gasteiger partial charge is 0.256 e. The minimum absolute atomic E-state index is 0.276. The summed E-state index contributed by atoms with van der Waals surface area (Å²) in [6, 6.07) is 57.9. The summed E-state index contributed by atoms with van der Waals surface area (Å²) in [5.41, 5.74) is 15.9. The number of nitrogens with zero attached hydrogens (tertiary/aromatic N) is 3. The van der Waals surface area contributed by atoms with Crippen molar-refractivity contribution in [1.82, 2.24) is 15.0 Å². The molecule has 4 aliphatic carbocycles. The van der Waals surface area contributed by atoms with Crippen molar-refractivity contribution in [3.05, 3.63) is 258 Å². The molecule has 7 aromatic carbocycles. The van der Waals surface area contributed by atoms with Gasteiger partial charge < -0.3 is 0 Å². The van der Waals surface area contributed by atoms with Crippen LogP contribution in [0.15, 0.2) is 219 Å². The molecular formula is C67H53N3. The monoisotopic (exact) mass is 902 g/mol. The Labute approximate surface area is 414 Å². The summed E-state index contributed by atoms with van der Waals surface area (Å²) in [5.74, 6) is 1.86. The molecule has 4 aliphatic rings. The Balaban J connectivity index is 0.903. The highest BCUT2D eigenvalue weighted by Gasteiger charge is 2.49. The van der Waals surface area contributed by atoms with Gasteiger partial charge in [0.25, 0.3) is 0 Å². The molecule has 70 heavy (non-hydrogen) atoms. The quantitative estimate of drug-likeness (QED) is 0.0959. The third-order valence-electron chi connectivity index (χ3n) is 15.5. The minimum atomic E-state index is -2.29. The summed E-state index contributed by atoms with van der Waals surface area (Å²) in [6.45, 7) is -0.109. The van der Waals surface area contributed by atoms with E-state index < -0.39 is 6.85 Å². The van der Waals surface area contributed by atoms with Crippen LogP contribution in [0.5, 0.6) is 0 Å². The molecular weight excluding hydrogens is 847 g/mol. The van der Waals surface area contributed by atoms with Crippen LogP contribution in [0.1, 0.15) is 43.1 Å². The third kappa shape index (κ3) is 7.58. The average Bonchev–Trinajstić information content (AvgIpc) is 4.22. The van der Waals surface area contributed by atoms with Crippen molar-refractivity contribution in [2.24, 2.45) is 17.8 Å². The van der Waals surface area contributed by atoms with E-state index >= 15 is 0 Å². The van der Waals surface area contributed by atoms with E-state index in [1.165, 1.54) is 38.4 Å². The van der Waals surface area contributed by atoms with E-state index in [2.05, 4.69) is 171 Å². The maximum atomic E-state index is 8.57. The van der Waals surface area contributed by atoms with Gasteiger partial charge in [-0.15, -0.1) is 0 Å². The van der Waals surface area contributed by atoms with Crippen LogP contribution in [0.4, 0.5) is 0 Å². The van der Waals surface area contributed by atoms with Crippen molar-refractivity contribution < 1.29 is 4.11 Å². The molecule has 0 spiro atoms. The van der Waals surface area contributed by atoms with Crippen molar-refractivity contribution in [2.45, 2.75) is 44.9 Å². The molecule has 10 aromatic rings. The Morgan fingerprint density at radius 3 is 1.60 bits per heavy atom. The Morgan fingerprint density at radius 2 is 0.971 bits per heavy atom. The van der Waals surface area contributed by atoms with E-state index in [1.54, 1.807) is 12.3 Å². The number of pyridine rings is 3. The first-order chi connectivity index (χ1) is 35.7. The Bertz CT molecular complexity index is 3840. The lowest BCUT2D eigenvalue weighted by molar-refractivity contribution is 0.861. The smallest absolute Gasteiger partial charge is 0.0787 e. The fraction of sp³-hybridized carbons (Fsp3) is 0.149. The second-order valence-electron chi connectivity index (χ2n) is 19.7. The zero-order valence-corrected chi connectivity index (χ0v) is 39.2. The zero-order valence-electron chi connectivity index (χ0n) is 42.2. The van der Waals surface area contributed by atoms with Crippen LogP contribution in [0, 0.1) is 31.5 Å². The van der Waals surface area contributed by atoms with Crippen LogP contribution in [0.25, 0.3) is 77.2 Å². The maximum Gasteiger partial charge on any atom is 0.0787 e. The molecule has 3 heterocycles. The molecule has 4 bridgehead atoms. The normalized spacial score (nSPS) is 19.5. The van der Waals surface area contributed by atoms with Gasteiger partial charge in [-0.2, -0.15) is 0 Å². The highest BCUT2D eigenvalue weighted by atomic mass is 14.7. The molecule has 336 valence electrons. The van der Waals surface area contributed by atoms with Crippen molar-refractivity contribution >= 4 is 32.4 Å². The van der Waals surface area contributed by atoms with E-state index in [1.807, 2.05) is 42.6 Å². The predicted molar refractivity (Wildman–Crippen MR) is 291 cm³/mol. The number of aryl methyl sites for hydroxylation is 6. The van der Waals surface area contributed by atoms with Crippen LogP contribution in [-0.4, -0.2) is 15.0 Å². The van der Waals surface area contributed by atoms with Gasteiger partial charge in [0, 0.05) is 55.6 Å². The number of hydrogen-bond acceptors (Lipinski definition) is 3. The van der Waals surface area contributed by atoms with Crippen molar-refractivity contribution in [3.63, 3.8) is 0 Å². The number of hydrogen-bond donors (Lipinski definition) is 0. The molecule has 0 aliphatic heterocycles. The summed E-state index contributed by atoms with van der Waals surface area (Å²) < 4.78 is 25.7. The third-order valence-corrected chi connectivity index (χ3v) is 15.5. The summed E-state index contributed by atoms with van der Waals surface area (Å²) in [5, 5.41) is 5.92. The van der Waals surface area contributed by atoms with E-state index in [9.17, 15) is 0 Å². The van der Waals surface area contributed by atoms with Gasteiger partial charge in [-0.3, -0.25) is 15.0 Å². The first kappa shape index (κ1) is 38.9. The molecule has 0 atom stereocenters. The lowest BCUT2D eigenvalue weighted by Crippen LogP contribution is -2.16. The molecule has 1 fully saturated rings. The second-order valence-corrected chi connectivity index (χ2v) is 19.7. The lowest BCUT2D eigenvalue weighted by Gasteiger charge is -2.24. The van der Waals surface area contributed by atoms with Gasteiger partial charge in [0.05, 0.1) is 16.9 Å². The molecule has 1 saturated carbocycles. The van der Waals surface area contributed by atoms with Crippen LogP contribution in [-0.2, 0) is 31.1 Å². The summed E-state index contributed by atoms with van der Waals surface area (Å²) in [6.07, 6.45) is 23.3. The molecule has 3 nitrogen and oxygen atoms in total. The topological polar surface area (TPSA) is 38.7 Å². The molecule has 14 rings (SSSR count). The molecule has 0 N–H and O–H groups in total. The molecule has 0 amide bonds. The van der Waals surface area contributed by atoms with Crippen molar-refractivity contribution in [3.8, 4) is 44.8 Å². The molecule has 3 heteroatoms. The fourth-order valence-corrected chi connectivity index (χ4v) is 11.5. The molecule has 0 unspecified atom stereocenters. The van der Waals surface area contributed by atoms with Gasteiger partial charge in [0.1, 0.15) is 0 Å². The first-order valence-corrected chi connectivity index (χ1v) is 24.8. The number of benzene rings is 7. The summed E-state index contributed by atoms with van der Waals surface area (Å²) >= 11 is 0. The predicted octanol–water partition coefficient (Wildman–Crippen LogP) is 16.0. The zero-order chi connectivity index (χ0) is 49.3. The van der Waals surface area contributed by atoms with E-state index in [0.717, 1.165) is 79.3 Å². The highest BCUT2D eigenvalue weighted by Crippen LogP contribution is 2.55. The van der Waals surface area contributed by atoms with Crippen LogP contribution >= 0.6 is 0 Å². The summed E-state index contributed by atoms with van der Waals surface area (Å²) in [7, 11) is 0. The molecule has 0 saturated heterocycles. The first-order valence-electron chi connectivity index (χ1n) is 26.3. The van der Waals surface area contributed by atoms with Gasteiger partial charge >= 0.3 is 0 Å². The van der Waals surface area contributed by atoms with E-state index in [0.29, 0.717) is 41.9 Å². The maximum absolute atomic E-state index is 8.57. The lowest BCUT2D eigenvalue weighted by atomic mass is 9.79. The van der Waals surface area contributed by atoms with Gasteiger partial charge in [-0.1, -0.05) is 176 Å². The SMILES string of the molecule is [2H]C([2H])([2H])c1cc(-c2ccccc2)ncc1CCc1cc(CCc2cnc(-c3ccccc3)cc2C)cc(-c2ccccc2-c2cnc3c4ccccc4c4ccc(C56C=CC7C(C=C5)C7C=C6)cc4c3c2)c1. The highest BCUT2D eigenvalue weighted by molar-refractivity contribution is 6.24. The van der Waals surface area contributed by atoms with Crippen LogP contribution in [0.3, 0.4) is 0 Å². The van der Waals surface area contributed by atoms with Gasteiger partial charge in [0.2, 0.25) is 0 Å². The Morgan fingerprint density at radius 1 is 0.429 bits per heavy atom. The van der Waals surface area contributed by atoms with E-state index in [-0.39, 0.29) is 5.41 Å². The van der Waals surface area contributed by atoms with Gasteiger partial charge in [0.15, 0.2) is 0 Å². The summed E-state index contributed by atoms with van der Waals surface area (Å²) in [4.78, 5) is 15.0. The fourth-order valence-electron chi connectivity index (χ4n) is 11.5. The van der Waals surface area contributed by atoms with Crippen molar-refractivity contribution in [2.75, 3.05) is 0 Å². The van der Waals surface area contributed by atoms with Crippen molar-refractivity contribution in [1.29, 1.82) is 0 Å². The standard InChI is InChI=1S/C67H53N3/c1-43-33-64(47-13-5-3-6-14-47)68-40-49(43)23-21-45-35-46(22-24-50-41-69-65(34-44(50)2)48-15-7-4-8-16-48)37-51(36-45)54-17-9-10-18-55(54)52-38-63-62-39-53(67-30-27-58-59(28-31-67)60(58)29-32-67)25-26-57(62)56-19-11-12-20-61(56)66(63)70-42-52/h3-20,25-42,58-60H,21-24H2,1-2H3/i1D3.